The zero-order chi connectivity index (χ0) is 13.8. The molecule has 1 atom stereocenters. The average Bonchev–Trinajstić information content (AvgIpc) is 2.89. The molecule has 0 aromatic carbocycles. The Balaban J connectivity index is 2.13. The van der Waals surface area contributed by atoms with Crippen molar-refractivity contribution in [2.45, 2.75) is 13.0 Å². The molecular formula is C12H11N3O3S. The maximum atomic E-state index is 11.8. The van der Waals surface area contributed by atoms with Gasteiger partial charge in [0, 0.05) is 11.6 Å². The lowest BCUT2D eigenvalue weighted by atomic mass is 10.3. The molecule has 2 aromatic rings. The minimum Gasteiger partial charge on any atom is -0.480 e. The predicted octanol–water partition coefficient (Wildman–Crippen LogP) is 1.41. The maximum absolute atomic E-state index is 11.8. The Kier molecular flexibility index (Phi) is 3.86. The molecule has 0 spiro atoms. The number of rotatable bonds is 4. The number of hydrogen-bond acceptors (Lipinski definition) is 5. The summed E-state index contributed by atoms with van der Waals surface area (Å²) in [6.07, 6.45) is 1.64. The van der Waals surface area contributed by atoms with Gasteiger partial charge in [0.1, 0.15) is 16.7 Å². The Morgan fingerprint density at radius 2 is 2.21 bits per heavy atom. The molecule has 0 saturated heterocycles. The summed E-state index contributed by atoms with van der Waals surface area (Å²) < 4.78 is 0. The molecule has 7 heteroatoms. The number of amides is 1. The van der Waals surface area contributed by atoms with Crippen molar-refractivity contribution >= 4 is 23.2 Å². The lowest BCUT2D eigenvalue weighted by Gasteiger charge is -2.06. The second-order valence-corrected chi connectivity index (χ2v) is 4.64. The third-order valence-corrected chi connectivity index (χ3v) is 3.20. The van der Waals surface area contributed by atoms with Crippen molar-refractivity contribution in [2.75, 3.05) is 0 Å². The molecule has 98 valence electrons. The van der Waals surface area contributed by atoms with E-state index in [-0.39, 0.29) is 5.69 Å². The second-order valence-electron chi connectivity index (χ2n) is 3.79. The van der Waals surface area contributed by atoms with Crippen LogP contribution in [0, 0.1) is 0 Å². The van der Waals surface area contributed by atoms with Gasteiger partial charge in [-0.05, 0) is 19.1 Å². The topological polar surface area (TPSA) is 92.2 Å². The van der Waals surface area contributed by atoms with Crippen LogP contribution < -0.4 is 5.32 Å². The molecule has 0 unspecified atom stereocenters. The minimum atomic E-state index is -1.09. The average molecular weight is 277 g/mol. The number of aliphatic carboxylic acids is 1. The van der Waals surface area contributed by atoms with Crippen LogP contribution in [-0.2, 0) is 4.79 Å². The fraction of sp³-hybridized carbons (Fsp3) is 0.167. The highest BCUT2D eigenvalue weighted by molar-refractivity contribution is 7.13. The fourth-order valence-corrected chi connectivity index (χ4v) is 2.09. The van der Waals surface area contributed by atoms with Gasteiger partial charge in [0.25, 0.3) is 5.91 Å². The Morgan fingerprint density at radius 1 is 1.42 bits per heavy atom. The third-order valence-electron chi connectivity index (χ3n) is 2.34. The van der Waals surface area contributed by atoms with Crippen molar-refractivity contribution in [2.24, 2.45) is 0 Å². The summed E-state index contributed by atoms with van der Waals surface area (Å²) in [6.45, 7) is 1.40. The van der Waals surface area contributed by atoms with Gasteiger partial charge in [0.2, 0.25) is 0 Å². The van der Waals surface area contributed by atoms with Crippen LogP contribution >= 0.6 is 11.3 Å². The van der Waals surface area contributed by atoms with E-state index in [1.165, 1.54) is 18.3 Å². The molecule has 19 heavy (non-hydrogen) atoms. The van der Waals surface area contributed by atoms with Gasteiger partial charge in [-0.15, -0.1) is 11.3 Å². The minimum absolute atomic E-state index is 0.193. The van der Waals surface area contributed by atoms with Crippen molar-refractivity contribution in [3.63, 3.8) is 0 Å². The summed E-state index contributed by atoms with van der Waals surface area (Å²) in [6, 6.07) is 4.46. The van der Waals surface area contributed by atoms with Gasteiger partial charge in [0.05, 0.1) is 5.69 Å². The SMILES string of the molecule is C[C@@H](NC(=O)c1csc(-c2ccccn2)n1)C(=O)O. The normalized spacial score (nSPS) is 11.8. The van der Waals surface area contributed by atoms with Crippen LogP contribution in [0.1, 0.15) is 17.4 Å². The molecule has 2 N–H and O–H groups in total. The van der Waals surface area contributed by atoms with Gasteiger partial charge >= 0.3 is 5.97 Å². The predicted molar refractivity (Wildman–Crippen MR) is 69.9 cm³/mol. The molecule has 2 heterocycles. The molecule has 0 aliphatic heterocycles. The van der Waals surface area contributed by atoms with Crippen molar-refractivity contribution in [3.05, 3.63) is 35.5 Å². The third kappa shape index (κ3) is 3.14. The Bertz CT molecular complexity index is 597. The monoisotopic (exact) mass is 277 g/mol. The van der Waals surface area contributed by atoms with E-state index < -0.39 is 17.9 Å². The van der Waals surface area contributed by atoms with E-state index in [2.05, 4.69) is 15.3 Å². The second kappa shape index (κ2) is 5.57. The summed E-state index contributed by atoms with van der Waals surface area (Å²) in [5.41, 5.74) is 0.872. The highest BCUT2D eigenvalue weighted by Gasteiger charge is 2.17. The van der Waals surface area contributed by atoms with E-state index in [9.17, 15) is 9.59 Å². The molecule has 0 aliphatic rings. The number of carboxylic acid groups (broad SMARTS) is 1. The summed E-state index contributed by atoms with van der Waals surface area (Å²) in [7, 11) is 0. The number of thiazole rings is 1. The van der Waals surface area contributed by atoms with E-state index in [0.29, 0.717) is 10.7 Å². The Hall–Kier alpha value is -2.28. The van der Waals surface area contributed by atoms with E-state index in [1.54, 1.807) is 23.7 Å². The van der Waals surface area contributed by atoms with Gasteiger partial charge < -0.3 is 10.4 Å². The number of carboxylic acids is 1. The van der Waals surface area contributed by atoms with E-state index in [0.717, 1.165) is 0 Å². The quantitative estimate of drug-likeness (QED) is 0.881. The zero-order valence-corrected chi connectivity index (χ0v) is 10.8. The van der Waals surface area contributed by atoms with Gasteiger partial charge in [-0.2, -0.15) is 0 Å². The molecule has 0 aliphatic carbocycles. The molecule has 0 radical (unpaired) electrons. The number of aromatic nitrogens is 2. The largest absolute Gasteiger partial charge is 0.480 e. The number of nitrogens with one attached hydrogen (secondary N) is 1. The van der Waals surface area contributed by atoms with Gasteiger partial charge in [-0.3, -0.25) is 14.6 Å². The molecule has 2 rings (SSSR count). The number of nitrogens with zero attached hydrogens (tertiary/aromatic N) is 2. The molecule has 6 nitrogen and oxygen atoms in total. The Labute approximate surface area is 113 Å². The highest BCUT2D eigenvalue weighted by atomic mass is 32.1. The molecule has 0 bridgehead atoms. The van der Waals surface area contributed by atoms with E-state index >= 15 is 0 Å². The van der Waals surface area contributed by atoms with Gasteiger partial charge in [-0.25, -0.2) is 4.98 Å². The van der Waals surface area contributed by atoms with Crippen LogP contribution in [0.25, 0.3) is 10.7 Å². The smallest absolute Gasteiger partial charge is 0.325 e. The number of carbonyl (C=O) groups is 2. The summed E-state index contributed by atoms with van der Waals surface area (Å²) in [5.74, 6) is -1.60. The molecule has 0 fully saturated rings. The lowest BCUT2D eigenvalue weighted by Crippen LogP contribution is -2.38. The fourth-order valence-electron chi connectivity index (χ4n) is 1.32. The number of pyridine rings is 1. The van der Waals surface area contributed by atoms with Gasteiger partial charge in [-0.1, -0.05) is 6.07 Å². The van der Waals surface area contributed by atoms with Crippen molar-refractivity contribution in [3.8, 4) is 10.7 Å². The van der Waals surface area contributed by atoms with Gasteiger partial charge in [0.15, 0.2) is 0 Å². The summed E-state index contributed by atoms with van der Waals surface area (Å²) >= 11 is 1.28. The van der Waals surface area contributed by atoms with Crippen molar-refractivity contribution in [1.29, 1.82) is 0 Å². The first-order valence-corrected chi connectivity index (χ1v) is 6.36. The van der Waals surface area contributed by atoms with Crippen LogP contribution in [0.15, 0.2) is 29.8 Å². The van der Waals surface area contributed by atoms with Crippen LogP contribution in [0.2, 0.25) is 0 Å². The molecule has 1 amide bonds. The van der Waals surface area contributed by atoms with Crippen molar-refractivity contribution in [1.82, 2.24) is 15.3 Å². The first kappa shape index (κ1) is 13.2. The molecule has 2 aromatic heterocycles. The first-order chi connectivity index (χ1) is 9.08. The summed E-state index contributed by atoms with van der Waals surface area (Å²) in [4.78, 5) is 30.7. The number of hydrogen-bond donors (Lipinski definition) is 2. The van der Waals surface area contributed by atoms with Crippen LogP contribution in [0.5, 0.6) is 0 Å². The molecule has 0 saturated carbocycles. The van der Waals surface area contributed by atoms with Crippen molar-refractivity contribution < 1.29 is 14.7 Å². The lowest BCUT2D eigenvalue weighted by molar-refractivity contribution is -0.138. The van der Waals surface area contributed by atoms with Crippen LogP contribution in [0.4, 0.5) is 0 Å². The van der Waals surface area contributed by atoms with E-state index in [1.807, 2.05) is 6.07 Å². The number of carbonyl (C=O) groups excluding carboxylic acids is 1. The summed E-state index contributed by atoms with van der Waals surface area (Å²) in [5, 5.41) is 13.3. The standard InChI is InChI=1S/C12H11N3O3S/c1-7(12(17)18)14-10(16)9-6-19-11(15-9)8-4-2-3-5-13-8/h2-7H,1H3,(H,14,16)(H,17,18)/t7-/m1/s1. The maximum Gasteiger partial charge on any atom is 0.325 e. The highest BCUT2D eigenvalue weighted by Crippen LogP contribution is 2.21. The van der Waals surface area contributed by atoms with E-state index in [4.69, 9.17) is 5.11 Å². The first-order valence-electron chi connectivity index (χ1n) is 5.48. The zero-order valence-electron chi connectivity index (χ0n) is 10.0. The van der Waals surface area contributed by atoms with Crippen LogP contribution in [-0.4, -0.2) is 33.0 Å². The Morgan fingerprint density at radius 3 is 2.84 bits per heavy atom. The molecular weight excluding hydrogens is 266 g/mol. The van der Waals surface area contributed by atoms with Crippen LogP contribution in [0.3, 0.4) is 0 Å².